The first-order chi connectivity index (χ1) is 9.50. The number of aromatic nitrogens is 2. The number of para-hydroxylation sites is 1. The van der Waals surface area contributed by atoms with Crippen molar-refractivity contribution in [2.75, 3.05) is 5.75 Å². The van der Waals surface area contributed by atoms with Crippen LogP contribution in [0.3, 0.4) is 0 Å². The maximum atomic E-state index is 11.3. The van der Waals surface area contributed by atoms with Gasteiger partial charge in [0.2, 0.25) is 0 Å². The van der Waals surface area contributed by atoms with Gasteiger partial charge in [-0.15, -0.1) is 0 Å². The van der Waals surface area contributed by atoms with Gasteiger partial charge in [-0.2, -0.15) is 11.8 Å². The summed E-state index contributed by atoms with van der Waals surface area (Å²) in [5.41, 5.74) is 1.81. The first-order valence-electron chi connectivity index (χ1n) is 6.83. The summed E-state index contributed by atoms with van der Waals surface area (Å²) in [5.74, 6) is 1.19. The van der Waals surface area contributed by atoms with Gasteiger partial charge in [0.25, 0.3) is 0 Å². The quantitative estimate of drug-likeness (QED) is 0.942. The third-order valence-electron chi connectivity index (χ3n) is 3.99. The van der Waals surface area contributed by atoms with Gasteiger partial charge in [0, 0.05) is 11.3 Å². The van der Waals surface area contributed by atoms with Gasteiger partial charge in [0.05, 0.1) is 11.1 Å². The van der Waals surface area contributed by atoms with Crippen LogP contribution in [0.25, 0.3) is 11.0 Å². The zero-order valence-corrected chi connectivity index (χ0v) is 12.5. The zero-order chi connectivity index (χ0) is 14.3. The third-order valence-corrected chi connectivity index (χ3v) is 5.52. The maximum absolute atomic E-state index is 11.3. The number of aryl methyl sites for hydroxylation is 1. The molecule has 0 amide bonds. The van der Waals surface area contributed by atoms with E-state index >= 15 is 0 Å². The fraction of sp³-hybridized carbons (Fsp3) is 0.467. The van der Waals surface area contributed by atoms with Gasteiger partial charge in [-0.05, 0) is 44.6 Å². The molecule has 0 bridgehead atoms. The summed E-state index contributed by atoms with van der Waals surface area (Å²) in [6, 6.07) is 5.38. The molecular weight excluding hydrogens is 272 g/mol. The number of fused-ring (bicyclic) bond motifs is 1. The summed E-state index contributed by atoms with van der Waals surface area (Å²) in [6.45, 7) is 5.13. The van der Waals surface area contributed by atoms with Gasteiger partial charge >= 0.3 is 5.97 Å². The highest BCUT2D eigenvalue weighted by Crippen LogP contribution is 2.40. The summed E-state index contributed by atoms with van der Waals surface area (Å²) in [4.78, 5) is 15.8. The standard InChI is InChI=1S/C15H18N2O2S/c1-10-16-13-11(14(18)19)5-3-6-12(13)17(10)9-15(2)7-4-8-20-15/h3,5-6H,4,7-9H2,1-2H3,(H,18,19). The van der Waals surface area contributed by atoms with Crippen LogP contribution in [0, 0.1) is 6.92 Å². The monoisotopic (exact) mass is 290 g/mol. The largest absolute Gasteiger partial charge is 0.478 e. The Hall–Kier alpha value is -1.49. The minimum Gasteiger partial charge on any atom is -0.478 e. The number of rotatable bonds is 3. The molecule has 0 saturated carbocycles. The Morgan fingerprint density at radius 1 is 1.55 bits per heavy atom. The van der Waals surface area contributed by atoms with Crippen molar-refractivity contribution >= 4 is 28.8 Å². The van der Waals surface area contributed by atoms with Crippen LogP contribution in [-0.4, -0.2) is 31.1 Å². The number of thioether (sulfide) groups is 1. The molecule has 2 aromatic rings. The lowest BCUT2D eigenvalue weighted by molar-refractivity contribution is 0.0699. The SMILES string of the molecule is Cc1nc2c(C(=O)O)cccc2n1CC1(C)CCCS1. The summed E-state index contributed by atoms with van der Waals surface area (Å²) in [6.07, 6.45) is 2.46. The van der Waals surface area contributed by atoms with Crippen LogP contribution < -0.4 is 0 Å². The van der Waals surface area contributed by atoms with Crippen LogP contribution in [0.4, 0.5) is 0 Å². The lowest BCUT2D eigenvalue weighted by Gasteiger charge is -2.24. The highest BCUT2D eigenvalue weighted by Gasteiger charge is 2.31. The van der Waals surface area contributed by atoms with E-state index in [-0.39, 0.29) is 10.3 Å². The molecule has 1 unspecified atom stereocenters. The molecule has 1 atom stereocenters. The Bertz CT molecular complexity index is 672. The molecule has 1 fully saturated rings. The number of benzene rings is 1. The van der Waals surface area contributed by atoms with Gasteiger partial charge < -0.3 is 9.67 Å². The molecule has 1 aliphatic heterocycles. The normalized spacial score (nSPS) is 22.5. The Labute approximate surface area is 122 Å². The van der Waals surface area contributed by atoms with E-state index in [0.717, 1.165) is 17.9 Å². The molecule has 20 heavy (non-hydrogen) atoms. The lowest BCUT2D eigenvalue weighted by atomic mass is 10.1. The van der Waals surface area contributed by atoms with E-state index in [9.17, 15) is 9.90 Å². The molecule has 0 radical (unpaired) electrons. The maximum Gasteiger partial charge on any atom is 0.337 e. The predicted octanol–water partition coefficient (Wildman–Crippen LogP) is 3.33. The molecule has 0 spiro atoms. The first-order valence-corrected chi connectivity index (χ1v) is 7.82. The average molecular weight is 290 g/mol. The van der Waals surface area contributed by atoms with Crippen molar-refractivity contribution in [2.45, 2.75) is 38.0 Å². The molecule has 1 aromatic heterocycles. The van der Waals surface area contributed by atoms with Gasteiger partial charge in [-0.1, -0.05) is 6.07 Å². The number of hydrogen-bond donors (Lipinski definition) is 1. The van der Waals surface area contributed by atoms with Crippen molar-refractivity contribution in [1.82, 2.24) is 9.55 Å². The summed E-state index contributed by atoms with van der Waals surface area (Å²) in [5, 5.41) is 9.26. The molecule has 1 saturated heterocycles. The average Bonchev–Trinajstić information content (AvgIpc) is 2.95. The highest BCUT2D eigenvalue weighted by molar-refractivity contribution is 8.00. The topological polar surface area (TPSA) is 55.1 Å². The van der Waals surface area contributed by atoms with Crippen LogP contribution in [0.1, 0.15) is 35.9 Å². The van der Waals surface area contributed by atoms with Gasteiger partial charge in [-0.25, -0.2) is 9.78 Å². The molecule has 2 heterocycles. The lowest BCUT2D eigenvalue weighted by Crippen LogP contribution is -2.24. The molecule has 3 rings (SSSR count). The molecule has 5 heteroatoms. The predicted molar refractivity (Wildman–Crippen MR) is 81.5 cm³/mol. The summed E-state index contributed by atoms with van der Waals surface area (Å²) >= 11 is 2.01. The second-order valence-corrected chi connectivity index (χ2v) is 7.31. The number of carboxylic acids is 1. The van der Waals surface area contributed by atoms with E-state index in [0.29, 0.717) is 5.52 Å². The number of imidazole rings is 1. The molecule has 1 aliphatic rings. The second-order valence-electron chi connectivity index (χ2n) is 5.63. The zero-order valence-electron chi connectivity index (χ0n) is 11.7. The van der Waals surface area contributed by atoms with E-state index in [2.05, 4.69) is 16.5 Å². The van der Waals surface area contributed by atoms with Crippen LogP contribution in [0.2, 0.25) is 0 Å². The van der Waals surface area contributed by atoms with Gasteiger partial charge in [-0.3, -0.25) is 0 Å². The van der Waals surface area contributed by atoms with Crippen molar-refractivity contribution in [3.8, 4) is 0 Å². The number of aromatic carboxylic acids is 1. The minimum atomic E-state index is -0.915. The molecule has 1 aromatic carbocycles. The van der Waals surface area contributed by atoms with Gasteiger partial charge in [0.1, 0.15) is 11.3 Å². The Balaban J connectivity index is 2.09. The Morgan fingerprint density at radius 3 is 3.00 bits per heavy atom. The van der Waals surface area contributed by atoms with E-state index in [1.54, 1.807) is 12.1 Å². The second kappa shape index (κ2) is 4.81. The van der Waals surface area contributed by atoms with Gasteiger partial charge in [0.15, 0.2) is 0 Å². The van der Waals surface area contributed by atoms with Crippen LogP contribution in [-0.2, 0) is 6.54 Å². The first kappa shape index (κ1) is 13.5. The number of carboxylic acid groups (broad SMARTS) is 1. The number of nitrogens with zero attached hydrogens (tertiary/aromatic N) is 2. The fourth-order valence-electron chi connectivity index (χ4n) is 2.93. The summed E-state index contributed by atoms with van der Waals surface area (Å²) in [7, 11) is 0. The molecule has 0 aliphatic carbocycles. The van der Waals surface area contributed by atoms with E-state index in [1.807, 2.05) is 24.8 Å². The van der Waals surface area contributed by atoms with E-state index in [4.69, 9.17) is 0 Å². The van der Waals surface area contributed by atoms with E-state index < -0.39 is 5.97 Å². The van der Waals surface area contributed by atoms with Crippen molar-refractivity contribution in [2.24, 2.45) is 0 Å². The Morgan fingerprint density at radius 2 is 2.35 bits per heavy atom. The number of hydrogen-bond acceptors (Lipinski definition) is 3. The molecule has 4 nitrogen and oxygen atoms in total. The molecular formula is C15H18N2O2S. The molecule has 1 N–H and O–H groups in total. The van der Waals surface area contributed by atoms with E-state index in [1.165, 1.54) is 18.6 Å². The Kier molecular flexibility index (Phi) is 3.24. The van der Waals surface area contributed by atoms with Crippen LogP contribution >= 0.6 is 11.8 Å². The highest BCUT2D eigenvalue weighted by atomic mass is 32.2. The number of carbonyl (C=O) groups is 1. The molecule has 106 valence electrons. The fourth-order valence-corrected chi connectivity index (χ4v) is 4.22. The van der Waals surface area contributed by atoms with Crippen molar-refractivity contribution in [3.05, 3.63) is 29.6 Å². The van der Waals surface area contributed by atoms with Crippen molar-refractivity contribution in [1.29, 1.82) is 0 Å². The minimum absolute atomic E-state index is 0.234. The summed E-state index contributed by atoms with van der Waals surface area (Å²) < 4.78 is 2.40. The van der Waals surface area contributed by atoms with Crippen LogP contribution in [0.15, 0.2) is 18.2 Å². The third kappa shape index (κ3) is 2.20. The smallest absolute Gasteiger partial charge is 0.337 e. The van der Waals surface area contributed by atoms with Crippen molar-refractivity contribution < 1.29 is 9.90 Å². The van der Waals surface area contributed by atoms with Crippen molar-refractivity contribution in [3.63, 3.8) is 0 Å². The van der Waals surface area contributed by atoms with Crippen LogP contribution in [0.5, 0.6) is 0 Å².